The number of aromatic nitrogens is 1. The molecular weight excluding hydrogens is 532 g/mol. The van der Waals surface area contributed by atoms with Gasteiger partial charge in [0.25, 0.3) is 11.8 Å². The maximum atomic E-state index is 14.1. The number of hydrogen-bond donors (Lipinski definition) is 1. The Morgan fingerprint density at radius 1 is 1.03 bits per heavy atom. The van der Waals surface area contributed by atoms with Crippen molar-refractivity contribution in [2.45, 2.75) is 0 Å². The van der Waals surface area contributed by atoms with E-state index in [1.165, 1.54) is 17.2 Å². The molecule has 1 fully saturated rings. The van der Waals surface area contributed by atoms with Crippen molar-refractivity contribution in [3.05, 3.63) is 87.5 Å². The first-order valence-corrected chi connectivity index (χ1v) is 10.5. The third-order valence-corrected chi connectivity index (χ3v) is 5.58. The number of para-hydroxylation sites is 1. The van der Waals surface area contributed by atoms with Crippen molar-refractivity contribution in [2.75, 3.05) is 4.90 Å². The summed E-state index contributed by atoms with van der Waals surface area (Å²) in [4.78, 5) is 30.2. The van der Waals surface area contributed by atoms with Crippen LogP contribution in [0.4, 0.5) is 10.1 Å². The number of rotatable bonds is 4. The average Bonchev–Trinajstić information content (AvgIpc) is 2.75. The molecule has 9 heteroatoms. The molecule has 0 unspecified atom stereocenters. The number of benzene rings is 2. The number of nitrogens with zero attached hydrogens (tertiary/aromatic N) is 2. The van der Waals surface area contributed by atoms with Crippen LogP contribution in [-0.2, 0) is 9.59 Å². The van der Waals surface area contributed by atoms with Crippen molar-refractivity contribution in [1.82, 2.24) is 10.3 Å². The monoisotopic (exact) mass is 545 g/mol. The van der Waals surface area contributed by atoms with Crippen LogP contribution in [-0.4, -0.2) is 21.9 Å². The zero-order valence-electron chi connectivity index (χ0n) is 15.7. The van der Waals surface area contributed by atoms with E-state index in [0.717, 1.165) is 0 Å². The minimum Gasteiger partial charge on any atom is -0.457 e. The number of carbonyl (C=O) groups is 2. The van der Waals surface area contributed by atoms with Crippen LogP contribution in [0.25, 0.3) is 6.08 Å². The lowest BCUT2D eigenvalue weighted by atomic mass is 10.1. The average molecular weight is 545 g/mol. The topological polar surface area (TPSA) is 71.5 Å². The van der Waals surface area contributed by atoms with Gasteiger partial charge in [0.2, 0.25) is 5.95 Å². The third kappa shape index (κ3) is 4.47. The number of halogens is 2. The highest BCUT2D eigenvalue weighted by molar-refractivity contribution is 14.1. The molecule has 0 spiro atoms. The Morgan fingerprint density at radius 2 is 1.71 bits per heavy atom. The molecule has 0 bridgehead atoms. The molecule has 0 atom stereocenters. The summed E-state index contributed by atoms with van der Waals surface area (Å²) in [7, 11) is 0. The summed E-state index contributed by atoms with van der Waals surface area (Å²) >= 11 is 7.11. The van der Waals surface area contributed by atoms with E-state index in [-0.39, 0.29) is 16.2 Å². The Morgan fingerprint density at radius 3 is 2.39 bits per heavy atom. The van der Waals surface area contributed by atoms with Crippen LogP contribution < -0.4 is 15.0 Å². The van der Waals surface area contributed by atoms with Gasteiger partial charge in [-0.3, -0.25) is 19.8 Å². The predicted molar refractivity (Wildman–Crippen MR) is 126 cm³/mol. The Bertz CT molecular complexity index is 1200. The van der Waals surface area contributed by atoms with Crippen LogP contribution in [0.3, 0.4) is 0 Å². The predicted octanol–water partition coefficient (Wildman–Crippen LogP) is 4.45. The second kappa shape index (κ2) is 8.90. The third-order valence-electron chi connectivity index (χ3n) is 4.35. The summed E-state index contributed by atoms with van der Waals surface area (Å²) in [5.41, 5.74) is 0.242. The Balaban J connectivity index is 1.63. The highest BCUT2D eigenvalue weighted by atomic mass is 127. The van der Waals surface area contributed by atoms with Crippen LogP contribution in [0.15, 0.2) is 72.4 Å². The molecule has 0 aliphatic carbocycles. The van der Waals surface area contributed by atoms with E-state index in [0.29, 0.717) is 20.8 Å². The maximum absolute atomic E-state index is 14.1. The van der Waals surface area contributed by atoms with Crippen LogP contribution in [0, 0.1) is 9.52 Å². The first-order valence-electron chi connectivity index (χ1n) is 8.98. The number of anilines is 1. The van der Waals surface area contributed by atoms with E-state index in [1.54, 1.807) is 30.3 Å². The lowest BCUT2D eigenvalue weighted by Gasteiger charge is -2.29. The molecule has 1 N–H and O–H groups in total. The standard InChI is InChI=1S/C22H13FIN3O3S/c23-19-16(18(24)10-11-25-19)12-17-20(28)26-22(31)27(21(17)29)13-6-8-15(9-7-13)30-14-4-2-1-3-5-14/h1-12H,(H,26,28,31). The lowest BCUT2D eigenvalue weighted by molar-refractivity contribution is -0.122. The van der Waals surface area contributed by atoms with Crippen LogP contribution in [0.2, 0.25) is 0 Å². The number of thiocarbonyl (C=S) groups is 1. The van der Waals surface area contributed by atoms with Gasteiger partial charge in [-0.05, 0) is 83.3 Å². The summed E-state index contributed by atoms with van der Waals surface area (Å²) in [6, 6.07) is 17.5. The molecule has 1 aromatic heterocycles. The molecule has 2 heterocycles. The molecule has 2 amide bonds. The smallest absolute Gasteiger partial charge is 0.270 e. The zero-order valence-corrected chi connectivity index (χ0v) is 18.7. The fourth-order valence-electron chi connectivity index (χ4n) is 2.88. The maximum Gasteiger partial charge on any atom is 0.270 e. The molecule has 4 rings (SSSR count). The quantitative estimate of drug-likeness (QED) is 0.173. The normalized spacial score (nSPS) is 15.2. The summed E-state index contributed by atoms with van der Waals surface area (Å²) in [5, 5.41) is 2.41. The number of nitrogens with one attached hydrogen (secondary N) is 1. The second-order valence-corrected chi connectivity index (χ2v) is 7.91. The molecule has 1 aliphatic rings. The van der Waals surface area contributed by atoms with Crippen molar-refractivity contribution in [3.63, 3.8) is 0 Å². The van der Waals surface area contributed by atoms with Crippen molar-refractivity contribution >= 4 is 63.5 Å². The summed E-state index contributed by atoms with van der Waals surface area (Å²) in [6.07, 6.45) is 2.49. The first-order chi connectivity index (χ1) is 14.9. The second-order valence-electron chi connectivity index (χ2n) is 6.36. The van der Waals surface area contributed by atoms with E-state index in [4.69, 9.17) is 17.0 Å². The fourth-order valence-corrected chi connectivity index (χ4v) is 3.70. The van der Waals surface area contributed by atoms with E-state index in [2.05, 4.69) is 10.3 Å². The van der Waals surface area contributed by atoms with Gasteiger partial charge in [0.05, 0.1) is 5.69 Å². The van der Waals surface area contributed by atoms with Crippen LogP contribution in [0.1, 0.15) is 5.56 Å². The molecule has 1 aliphatic heterocycles. The van der Waals surface area contributed by atoms with Crippen molar-refractivity contribution in [1.29, 1.82) is 0 Å². The van der Waals surface area contributed by atoms with E-state index >= 15 is 0 Å². The fraction of sp³-hybridized carbons (Fsp3) is 0. The number of ether oxygens (including phenoxy) is 1. The SMILES string of the molecule is O=C1NC(=S)N(c2ccc(Oc3ccccc3)cc2)C(=O)C1=Cc1c(I)ccnc1F. The van der Waals surface area contributed by atoms with Gasteiger partial charge in [-0.1, -0.05) is 18.2 Å². The summed E-state index contributed by atoms with van der Waals surface area (Å²) in [5.74, 6) is -0.900. The summed E-state index contributed by atoms with van der Waals surface area (Å²) in [6.45, 7) is 0. The molecule has 0 saturated carbocycles. The van der Waals surface area contributed by atoms with Crippen molar-refractivity contribution < 1.29 is 18.7 Å². The lowest BCUT2D eigenvalue weighted by Crippen LogP contribution is -2.54. The van der Waals surface area contributed by atoms with E-state index in [1.807, 2.05) is 52.9 Å². The molecule has 2 aromatic carbocycles. The van der Waals surface area contributed by atoms with Gasteiger partial charge < -0.3 is 4.74 Å². The largest absolute Gasteiger partial charge is 0.457 e. The van der Waals surface area contributed by atoms with Crippen LogP contribution >= 0.6 is 34.8 Å². The zero-order chi connectivity index (χ0) is 22.0. The highest BCUT2D eigenvalue weighted by Gasteiger charge is 2.35. The molecule has 6 nitrogen and oxygen atoms in total. The number of carbonyl (C=O) groups excluding carboxylic acids is 2. The molecule has 154 valence electrons. The van der Waals surface area contributed by atoms with Gasteiger partial charge in [-0.2, -0.15) is 4.39 Å². The molecule has 1 saturated heterocycles. The Hall–Kier alpha value is -3.18. The van der Waals surface area contributed by atoms with Gasteiger partial charge in [-0.25, -0.2) is 4.98 Å². The van der Waals surface area contributed by atoms with Gasteiger partial charge in [0.1, 0.15) is 17.1 Å². The number of pyridine rings is 1. The van der Waals surface area contributed by atoms with Crippen molar-refractivity contribution in [3.8, 4) is 11.5 Å². The van der Waals surface area contributed by atoms with Gasteiger partial charge in [-0.15, -0.1) is 0 Å². The van der Waals surface area contributed by atoms with Gasteiger partial charge in [0.15, 0.2) is 5.11 Å². The number of amides is 2. The highest BCUT2D eigenvalue weighted by Crippen LogP contribution is 2.27. The van der Waals surface area contributed by atoms with Crippen molar-refractivity contribution in [2.24, 2.45) is 0 Å². The molecule has 31 heavy (non-hydrogen) atoms. The minimum absolute atomic E-state index is 0.0565. The number of hydrogen-bond acceptors (Lipinski definition) is 5. The molecule has 0 radical (unpaired) electrons. The van der Waals surface area contributed by atoms with Gasteiger partial charge in [0, 0.05) is 15.3 Å². The van der Waals surface area contributed by atoms with Crippen LogP contribution in [0.5, 0.6) is 11.5 Å². The van der Waals surface area contributed by atoms with E-state index < -0.39 is 17.8 Å². The van der Waals surface area contributed by atoms with Gasteiger partial charge >= 0.3 is 0 Å². The summed E-state index contributed by atoms with van der Waals surface area (Å²) < 4.78 is 20.4. The molecular formula is C22H13FIN3O3S. The van der Waals surface area contributed by atoms with E-state index in [9.17, 15) is 14.0 Å². The Labute approximate surface area is 195 Å². The Kier molecular flexibility index (Phi) is 6.05. The minimum atomic E-state index is -0.776. The molecule has 3 aromatic rings. The first kappa shape index (κ1) is 21.1.